The monoisotopic (exact) mass is 238 g/mol. The number of rotatable bonds is 7. The second-order valence-corrected chi connectivity index (χ2v) is 6.65. The molecule has 0 bridgehead atoms. The summed E-state index contributed by atoms with van der Waals surface area (Å²) in [6, 6.07) is 11.7. The standard InChI is InChI=1S/C13H22O2Si/c1-12(9-10-16(14-2)15-3)11-13-7-5-4-6-8-13/h4-8,12,16H,9-11H2,1-3H3. The lowest BCUT2D eigenvalue weighted by Crippen LogP contribution is -2.19. The summed E-state index contributed by atoms with van der Waals surface area (Å²) in [6.45, 7) is 2.30. The van der Waals surface area contributed by atoms with Gasteiger partial charge in [0.25, 0.3) is 0 Å². The highest BCUT2D eigenvalue weighted by atomic mass is 28.3. The molecule has 1 aromatic rings. The Morgan fingerprint density at radius 2 is 1.75 bits per heavy atom. The predicted octanol–water partition coefficient (Wildman–Crippen LogP) is 2.77. The Morgan fingerprint density at radius 1 is 1.12 bits per heavy atom. The van der Waals surface area contributed by atoms with Gasteiger partial charge in [0.2, 0.25) is 0 Å². The third-order valence-corrected chi connectivity index (χ3v) is 4.70. The summed E-state index contributed by atoms with van der Waals surface area (Å²) in [6.07, 6.45) is 2.34. The summed E-state index contributed by atoms with van der Waals surface area (Å²) in [5.41, 5.74) is 1.42. The summed E-state index contributed by atoms with van der Waals surface area (Å²) in [7, 11) is 2.15. The van der Waals surface area contributed by atoms with Crippen LogP contribution in [0.5, 0.6) is 0 Å². The zero-order chi connectivity index (χ0) is 11.8. The van der Waals surface area contributed by atoms with Gasteiger partial charge < -0.3 is 8.85 Å². The van der Waals surface area contributed by atoms with Gasteiger partial charge in [-0.2, -0.15) is 0 Å². The summed E-state index contributed by atoms with van der Waals surface area (Å²) in [5.74, 6) is 0.697. The zero-order valence-electron chi connectivity index (χ0n) is 10.5. The predicted molar refractivity (Wildman–Crippen MR) is 69.9 cm³/mol. The fraction of sp³-hybridized carbons (Fsp3) is 0.538. The normalized spacial score (nSPS) is 13.0. The van der Waals surface area contributed by atoms with E-state index in [-0.39, 0.29) is 0 Å². The quantitative estimate of drug-likeness (QED) is 0.680. The van der Waals surface area contributed by atoms with Gasteiger partial charge in [0.05, 0.1) is 0 Å². The molecule has 2 nitrogen and oxygen atoms in total. The van der Waals surface area contributed by atoms with Gasteiger partial charge in [-0.05, 0) is 30.4 Å². The third-order valence-electron chi connectivity index (χ3n) is 2.85. The van der Waals surface area contributed by atoms with Crippen molar-refractivity contribution in [3.63, 3.8) is 0 Å². The van der Waals surface area contributed by atoms with E-state index in [1.807, 2.05) is 0 Å². The van der Waals surface area contributed by atoms with E-state index in [4.69, 9.17) is 8.85 Å². The van der Waals surface area contributed by atoms with Gasteiger partial charge >= 0.3 is 9.28 Å². The number of benzene rings is 1. The minimum absolute atomic E-state index is 0.697. The van der Waals surface area contributed by atoms with E-state index < -0.39 is 9.28 Å². The highest BCUT2D eigenvalue weighted by Gasteiger charge is 2.12. The number of hydrogen-bond donors (Lipinski definition) is 0. The Bertz CT molecular complexity index is 273. The van der Waals surface area contributed by atoms with E-state index in [2.05, 4.69) is 37.3 Å². The van der Waals surface area contributed by atoms with Crippen molar-refractivity contribution in [1.82, 2.24) is 0 Å². The highest BCUT2D eigenvalue weighted by molar-refractivity contribution is 6.44. The van der Waals surface area contributed by atoms with Crippen molar-refractivity contribution in [2.45, 2.75) is 25.8 Å². The first-order chi connectivity index (χ1) is 7.76. The molecule has 0 aliphatic rings. The van der Waals surface area contributed by atoms with E-state index in [9.17, 15) is 0 Å². The van der Waals surface area contributed by atoms with Crippen molar-refractivity contribution in [3.8, 4) is 0 Å². The van der Waals surface area contributed by atoms with Crippen molar-refractivity contribution in [3.05, 3.63) is 35.9 Å². The van der Waals surface area contributed by atoms with Crippen LogP contribution in [0.3, 0.4) is 0 Å². The van der Waals surface area contributed by atoms with Gasteiger partial charge in [0.1, 0.15) is 0 Å². The molecule has 90 valence electrons. The van der Waals surface area contributed by atoms with Crippen LogP contribution in [0.15, 0.2) is 30.3 Å². The minimum atomic E-state index is -1.36. The molecular weight excluding hydrogens is 216 g/mol. The lowest BCUT2D eigenvalue weighted by atomic mass is 9.99. The maximum absolute atomic E-state index is 5.32. The van der Waals surface area contributed by atoms with Gasteiger partial charge in [-0.25, -0.2) is 0 Å². The molecule has 1 unspecified atom stereocenters. The number of hydrogen-bond acceptors (Lipinski definition) is 2. The maximum atomic E-state index is 5.32. The summed E-state index contributed by atoms with van der Waals surface area (Å²) in [5, 5.41) is 0. The second-order valence-electron chi connectivity index (χ2n) is 4.27. The first-order valence-corrected chi connectivity index (χ1v) is 7.61. The Morgan fingerprint density at radius 3 is 2.31 bits per heavy atom. The molecule has 0 saturated heterocycles. The summed E-state index contributed by atoms with van der Waals surface area (Å²) in [4.78, 5) is 0. The molecular formula is C13H22O2Si. The molecule has 1 aromatic carbocycles. The zero-order valence-corrected chi connectivity index (χ0v) is 11.6. The molecule has 1 atom stereocenters. The van der Waals surface area contributed by atoms with Crippen LogP contribution in [-0.4, -0.2) is 23.5 Å². The molecule has 3 heteroatoms. The molecule has 0 N–H and O–H groups in total. The minimum Gasteiger partial charge on any atom is -0.400 e. The molecule has 1 rings (SSSR count). The van der Waals surface area contributed by atoms with Crippen molar-refractivity contribution in [1.29, 1.82) is 0 Å². The van der Waals surface area contributed by atoms with E-state index >= 15 is 0 Å². The van der Waals surface area contributed by atoms with Gasteiger partial charge in [-0.15, -0.1) is 0 Å². The first kappa shape index (κ1) is 13.4. The fourth-order valence-electron chi connectivity index (χ4n) is 1.87. The second kappa shape index (κ2) is 7.60. The van der Waals surface area contributed by atoms with Gasteiger partial charge in [-0.1, -0.05) is 37.3 Å². The van der Waals surface area contributed by atoms with Gasteiger partial charge in [0, 0.05) is 14.2 Å². The maximum Gasteiger partial charge on any atom is 0.320 e. The largest absolute Gasteiger partial charge is 0.400 e. The van der Waals surface area contributed by atoms with Crippen LogP contribution in [0.1, 0.15) is 18.9 Å². The average Bonchev–Trinajstić information content (AvgIpc) is 2.31. The Balaban J connectivity index is 2.28. The summed E-state index contributed by atoms with van der Waals surface area (Å²) >= 11 is 0. The van der Waals surface area contributed by atoms with Crippen molar-refractivity contribution in [2.24, 2.45) is 5.92 Å². The molecule has 0 saturated carbocycles. The smallest absolute Gasteiger partial charge is 0.320 e. The molecule has 0 fully saturated rings. The molecule has 0 amide bonds. The van der Waals surface area contributed by atoms with Crippen LogP contribution in [-0.2, 0) is 15.3 Å². The highest BCUT2D eigenvalue weighted by Crippen LogP contribution is 2.15. The van der Waals surface area contributed by atoms with Gasteiger partial charge in [-0.3, -0.25) is 0 Å². The first-order valence-electron chi connectivity index (χ1n) is 5.85. The van der Waals surface area contributed by atoms with Crippen molar-refractivity contribution in [2.75, 3.05) is 14.2 Å². The molecule has 0 aliphatic heterocycles. The lowest BCUT2D eigenvalue weighted by molar-refractivity contribution is 0.274. The lowest BCUT2D eigenvalue weighted by Gasteiger charge is -2.15. The Labute approximate surface area is 100 Å². The van der Waals surface area contributed by atoms with Gasteiger partial charge in [0.15, 0.2) is 0 Å². The molecule has 0 radical (unpaired) electrons. The van der Waals surface area contributed by atoms with Crippen molar-refractivity contribution >= 4 is 9.28 Å². The van der Waals surface area contributed by atoms with E-state index in [1.165, 1.54) is 12.0 Å². The van der Waals surface area contributed by atoms with Crippen LogP contribution in [0.25, 0.3) is 0 Å². The van der Waals surface area contributed by atoms with Crippen molar-refractivity contribution < 1.29 is 8.85 Å². The van der Waals surface area contributed by atoms with Crippen LogP contribution >= 0.6 is 0 Å². The topological polar surface area (TPSA) is 18.5 Å². The average molecular weight is 238 g/mol. The Hall–Kier alpha value is -0.643. The SMILES string of the molecule is CO[SiH](CCC(C)Cc1ccccc1)OC. The van der Waals surface area contributed by atoms with Crippen LogP contribution in [0, 0.1) is 5.92 Å². The van der Waals surface area contributed by atoms with E-state index in [0.717, 1.165) is 12.5 Å². The van der Waals surface area contributed by atoms with Crippen LogP contribution in [0.2, 0.25) is 6.04 Å². The van der Waals surface area contributed by atoms with Crippen LogP contribution in [0.4, 0.5) is 0 Å². The molecule has 0 spiro atoms. The Kier molecular flexibility index (Phi) is 6.38. The van der Waals surface area contributed by atoms with E-state index in [1.54, 1.807) is 14.2 Å². The molecule has 0 heterocycles. The molecule has 16 heavy (non-hydrogen) atoms. The van der Waals surface area contributed by atoms with Crippen LogP contribution < -0.4 is 0 Å². The molecule has 0 aliphatic carbocycles. The third kappa shape index (κ3) is 4.92. The fourth-order valence-corrected chi connectivity index (χ4v) is 3.38. The summed E-state index contributed by atoms with van der Waals surface area (Å²) < 4.78 is 10.6. The molecule has 0 aromatic heterocycles. The van der Waals surface area contributed by atoms with E-state index in [0.29, 0.717) is 5.92 Å².